The number of nitrogens with zero attached hydrogens (tertiary/aromatic N) is 7. The molecule has 4 aromatic heterocycles. The van der Waals surface area contributed by atoms with Gasteiger partial charge in [0.1, 0.15) is 0 Å². The summed E-state index contributed by atoms with van der Waals surface area (Å²) in [5, 5.41) is 18.0. The van der Waals surface area contributed by atoms with Crippen LogP contribution in [0.15, 0.2) is 36.8 Å². The summed E-state index contributed by atoms with van der Waals surface area (Å²) in [6.07, 6.45) is 5.21. The third-order valence-corrected chi connectivity index (χ3v) is 3.89. The first kappa shape index (κ1) is 11.2. The summed E-state index contributed by atoms with van der Waals surface area (Å²) in [5.74, 6) is 0.715. The van der Waals surface area contributed by atoms with E-state index in [9.17, 15) is 0 Å². The van der Waals surface area contributed by atoms with Gasteiger partial charge < -0.3 is 0 Å². The maximum atomic E-state index is 4.58. The second kappa shape index (κ2) is 4.20. The quantitative estimate of drug-likeness (QED) is 0.559. The molecule has 0 aliphatic rings. The van der Waals surface area contributed by atoms with E-state index < -0.39 is 0 Å². The van der Waals surface area contributed by atoms with Crippen LogP contribution in [0, 0.1) is 0 Å². The zero-order valence-corrected chi connectivity index (χ0v) is 11.3. The Labute approximate surface area is 117 Å². The van der Waals surface area contributed by atoms with Gasteiger partial charge in [0, 0.05) is 31.2 Å². The summed E-state index contributed by atoms with van der Waals surface area (Å²) >= 11 is 1.49. The summed E-state index contributed by atoms with van der Waals surface area (Å²) in [4.78, 5) is 4.76. The fourth-order valence-electron chi connectivity index (χ4n) is 1.99. The van der Waals surface area contributed by atoms with Crippen molar-refractivity contribution in [2.45, 2.75) is 0 Å². The van der Waals surface area contributed by atoms with E-state index in [0.29, 0.717) is 5.82 Å². The Hall–Kier alpha value is -2.61. The third-order valence-electron chi connectivity index (χ3n) is 2.97. The first-order valence-corrected chi connectivity index (χ1v) is 6.75. The first-order valence-electron chi connectivity index (χ1n) is 5.94. The molecule has 0 saturated carbocycles. The standard InChI is InChI=1S/C12H9N7S/c1-18-9(4-7-14-18)11-17-19-10(15-16-12(19)20-11)8-2-5-13-6-3-8/h2-7H,1H3. The maximum absolute atomic E-state index is 4.58. The van der Waals surface area contributed by atoms with E-state index in [4.69, 9.17) is 0 Å². The second-order valence-corrected chi connectivity index (χ2v) is 5.16. The molecule has 0 amide bonds. The molecule has 0 bridgehead atoms. The predicted molar refractivity (Wildman–Crippen MR) is 74.1 cm³/mol. The molecule has 0 atom stereocenters. The van der Waals surface area contributed by atoms with Crippen LogP contribution in [-0.2, 0) is 7.05 Å². The summed E-state index contributed by atoms with van der Waals surface area (Å²) in [5.41, 5.74) is 1.90. The van der Waals surface area contributed by atoms with Crippen LogP contribution in [0.5, 0.6) is 0 Å². The average molecular weight is 283 g/mol. The molecule has 98 valence electrons. The van der Waals surface area contributed by atoms with E-state index in [-0.39, 0.29) is 0 Å². The summed E-state index contributed by atoms with van der Waals surface area (Å²) in [6.45, 7) is 0. The number of hydrogen-bond donors (Lipinski definition) is 0. The van der Waals surface area contributed by atoms with Crippen molar-refractivity contribution < 1.29 is 0 Å². The summed E-state index contributed by atoms with van der Waals surface area (Å²) in [7, 11) is 1.89. The van der Waals surface area contributed by atoms with Gasteiger partial charge in [0.25, 0.3) is 0 Å². The number of fused-ring (bicyclic) bond motifs is 1. The monoisotopic (exact) mass is 283 g/mol. The highest BCUT2D eigenvalue weighted by atomic mass is 32.1. The molecule has 0 saturated heterocycles. The first-order chi connectivity index (χ1) is 9.83. The highest BCUT2D eigenvalue weighted by Gasteiger charge is 2.15. The van der Waals surface area contributed by atoms with Crippen LogP contribution in [0.25, 0.3) is 27.1 Å². The Balaban J connectivity index is 1.90. The number of hydrogen-bond acceptors (Lipinski definition) is 6. The van der Waals surface area contributed by atoms with E-state index in [1.807, 2.05) is 25.2 Å². The van der Waals surface area contributed by atoms with Crippen molar-refractivity contribution >= 4 is 16.3 Å². The molecule has 0 aliphatic carbocycles. The number of aryl methyl sites for hydroxylation is 1. The van der Waals surface area contributed by atoms with Gasteiger partial charge in [0.05, 0.1) is 5.69 Å². The van der Waals surface area contributed by atoms with Gasteiger partial charge in [0.15, 0.2) is 10.8 Å². The molecule has 4 rings (SSSR count). The molecular weight excluding hydrogens is 274 g/mol. The van der Waals surface area contributed by atoms with Crippen molar-refractivity contribution in [1.82, 2.24) is 34.6 Å². The van der Waals surface area contributed by atoms with Crippen LogP contribution < -0.4 is 0 Å². The molecule has 0 radical (unpaired) electrons. The van der Waals surface area contributed by atoms with Crippen molar-refractivity contribution in [3.63, 3.8) is 0 Å². The number of aromatic nitrogens is 7. The number of rotatable bonds is 2. The topological polar surface area (TPSA) is 73.8 Å². The zero-order valence-electron chi connectivity index (χ0n) is 10.5. The van der Waals surface area contributed by atoms with Gasteiger partial charge in [-0.3, -0.25) is 9.67 Å². The Kier molecular flexibility index (Phi) is 2.36. The van der Waals surface area contributed by atoms with Crippen molar-refractivity contribution in [2.24, 2.45) is 7.05 Å². The second-order valence-electron chi connectivity index (χ2n) is 4.20. The van der Waals surface area contributed by atoms with Crippen LogP contribution in [-0.4, -0.2) is 34.6 Å². The summed E-state index contributed by atoms with van der Waals surface area (Å²) in [6, 6.07) is 5.71. The van der Waals surface area contributed by atoms with Crippen LogP contribution in [0.4, 0.5) is 0 Å². The minimum absolute atomic E-state index is 0.715. The minimum Gasteiger partial charge on any atom is -0.265 e. The molecule has 0 aliphatic heterocycles. The molecule has 0 aromatic carbocycles. The Morgan fingerprint density at radius 1 is 1.05 bits per heavy atom. The van der Waals surface area contributed by atoms with E-state index in [1.54, 1.807) is 27.8 Å². The van der Waals surface area contributed by atoms with Gasteiger partial charge in [-0.2, -0.15) is 14.7 Å². The van der Waals surface area contributed by atoms with Gasteiger partial charge in [-0.15, -0.1) is 10.2 Å². The molecule has 0 unspecified atom stereocenters. The van der Waals surface area contributed by atoms with Crippen LogP contribution >= 0.6 is 11.3 Å². The van der Waals surface area contributed by atoms with Crippen molar-refractivity contribution in [2.75, 3.05) is 0 Å². The lowest BCUT2D eigenvalue weighted by atomic mass is 10.2. The Bertz CT molecular complexity index is 874. The van der Waals surface area contributed by atoms with Gasteiger partial charge in [-0.1, -0.05) is 11.3 Å². The molecule has 4 heterocycles. The van der Waals surface area contributed by atoms with E-state index in [2.05, 4.69) is 25.4 Å². The van der Waals surface area contributed by atoms with Gasteiger partial charge in [-0.25, -0.2) is 0 Å². The largest absolute Gasteiger partial charge is 0.265 e. The van der Waals surface area contributed by atoms with E-state index in [0.717, 1.165) is 21.2 Å². The fourth-order valence-corrected chi connectivity index (χ4v) is 2.88. The highest BCUT2D eigenvalue weighted by Crippen LogP contribution is 2.27. The lowest BCUT2D eigenvalue weighted by Gasteiger charge is -1.96. The normalized spacial score (nSPS) is 11.2. The Morgan fingerprint density at radius 3 is 2.65 bits per heavy atom. The van der Waals surface area contributed by atoms with Gasteiger partial charge in [0.2, 0.25) is 4.96 Å². The molecule has 0 fully saturated rings. The van der Waals surface area contributed by atoms with Gasteiger partial charge in [-0.05, 0) is 18.2 Å². The average Bonchev–Trinajstić information content (AvgIpc) is 3.13. The Morgan fingerprint density at radius 2 is 1.90 bits per heavy atom. The molecule has 8 heteroatoms. The molecule has 4 aromatic rings. The fraction of sp³-hybridized carbons (Fsp3) is 0.0833. The lowest BCUT2D eigenvalue weighted by Crippen LogP contribution is -1.95. The van der Waals surface area contributed by atoms with Crippen molar-refractivity contribution in [3.8, 4) is 22.1 Å². The van der Waals surface area contributed by atoms with Crippen LogP contribution in [0.1, 0.15) is 0 Å². The van der Waals surface area contributed by atoms with E-state index >= 15 is 0 Å². The SMILES string of the molecule is Cn1nccc1-c1nn2c(-c3ccncc3)nnc2s1. The number of pyridine rings is 1. The van der Waals surface area contributed by atoms with Crippen molar-refractivity contribution in [1.29, 1.82) is 0 Å². The lowest BCUT2D eigenvalue weighted by molar-refractivity contribution is 0.772. The van der Waals surface area contributed by atoms with Crippen LogP contribution in [0.2, 0.25) is 0 Å². The predicted octanol–water partition coefficient (Wildman–Crippen LogP) is 1.65. The van der Waals surface area contributed by atoms with E-state index in [1.165, 1.54) is 11.3 Å². The molecule has 7 nitrogen and oxygen atoms in total. The third kappa shape index (κ3) is 1.62. The van der Waals surface area contributed by atoms with Crippen LogP contribution in [0.3, 0.4) is 0 Å². The summed E-state index contributed by atoms with van der Waals surface area (Å²) < 4.78 is 3.54. The zero-order chi connectivity index (χ0) is 13.5. The van der Waals surface area contributed by atoms with Gasteiger partial charge >= 0.3 is 0 Å². The molecule has 20 heavy (non-hydrogen) atoms. The minimum atomic E-state index is 0.715. The molecule has 0 N–H and O–H groups in total. The molecule has 0 spiro atoms. The van der Waals surface area contributed by atoms with Crippen molar-refractivity contribution in [3.05, 3.63) is 36.8 Å². The smallest absolute Gasteiger partial charge is 0.235 e. The molecular formula is C12H9N7S. The highest BCUT2D eigenvalue weighted by molar-refractivity contribution is 7.19. The maximum Gasteiger partial charge on any atom is 0.235 e.